The van der Waals surface area contributed by atoms with Crippen molar-refractivity contribution in [2.45, 2.75) is 0 Å². The van der Waals surface area contributed by atoms with Gasteiger partial charge in [0.2, 0.25) is 0 Å². The molecule has 2 aromatic rings. The molecule has 1 N–H and O–H groups in total. The van der Waals surface area contributed by atoms with Gasteiger partial charge in [-0.05, 0) is 28.1 Å². The number of hydrogen-bond acceptors (Lipinski definition) is 1. The van der Waals surface area contributed by atoms with Crippen LogP contribution in [0.25, 0.3) is 10.9 Å². The van der Waals surface area contributed by atoms with Crippen molar-refractivity contribution < 1.29 is 0 Å². The first-order valence-corrected chi connectivity index (χ1v) is 4.23. The second kappa shape index (κ2) is 2.50. The molecule has 0 radical (unpaired) electrons. The molecule has 4 heteroatoms. The number of rotatable bonds is 0. The molecule has 0 amide bonds. The average Bonchev–Trinajstić information content (AvgIpc) is 2.45. The first-order chi connectivity index (χ1) is 5.29. The first-order valence-electron chi connectivity index (χ1n) is 3.06. The van der Waals surface area contributed by atoms with Crippen molar-refractivity contribution in [1.82, 2.24) is 10.2 Å². The van der Waals surface area contributed by atoms with Crippen molar-refractivity contribution in [1.29, 1.82) is 0 Å². The smallest absolute Gasteiger partial charge is 0.0848 e. The van der Waals surface area contributed by atoms with Gasteiger partial charge in [-0.25, -0.2) is 0 Å². The van der Waals surface area contributed by atoms with Crippen molar-refractivity contribution in [2.75, 3.05) is 0 Å². The highest BCUT2D eigenvalue weighted by Crippen LogP contribution is 2.28. The van der Waals surface area contributed by atoms with E-state index in [-0.39, 0.29) is 0 Å². The van der Waals surface area contributed by atoms with Crippen molar-refractivity contribution >= 4 is 38.4 Å². The van der Waals surface area contributed by atoms with Crippen LogP contribution in [0.5, 0.6) is 0 Å². The normalized spacial score (nSPS) is 10.7. The minimum Gasteiger partial charge on any atom is -0.276 e. The third-order valence-corrected chi connectivity index (χ3v) is 2.79. The van der Waals surface area contributed by atoms with Crippen LogP contribution in [0.15, 0.2) is 22.8 Å². The van der Waals surface area contributed by atoms with Gasteiger partial charge in [0.25, 0.3) is 0 Å². The molecule has 2 nitrogen and oxygen atoms in total. The zero-order chi connectivity index (χ0) is 7.84. The van der Waals surface area contributed by atoms with E-state index in [2.05, 4.69) is 26.1 Å². The minimum absolute atomic E-state index is 0.681. The largest absolute Gasteiger partial charge is 0.276 e. The van der Waals surface area contributed by atoms with Gasteiger partial charge < -0.3 is 0 Å². The molecule has 0 aliphatic rings. The quantitative estimate of drug-likeness (QED) is 0.742. The Kier molecular flexibility index (Phi) is 1.62. The van der Waals surface area contributed by atoms with Crippen molar-refractivity contribution in [3.63, 3.8) is 0 Å². The fourth-order valence-electron chi connectivity index (χ4n) is 0.953. The van der Waals surface area contributed by atoms with Crippen molar-refractivity contribution in [3.8, 4) is 0 Å². The van der Waals surface area contributed by atoms with E-state index < -0.39 is 0 Å². The maximum Gasteiger partial charge on any atom is 0.0848 e. The Balaban J connectivity index is 2.93. The molecule has 0 fully saturated rings. The van der Waals surface area contributed by atoms with Crippen LogP contribution in [-0.2, 0) is 0 Å². The van der Waals surface area contributed by atoms with Gasteiger partial charge in [-0.15, -0.1) is 0 Å². The molecule has 0 unspecified atom stereocenters. The maximum absolute atomic E-state index is 5.95. The molecule has 0 spiro atoms. The summed E-state index contributed by atoms with van der Waals surface area (Å²) in [7, 11) is 0. The molecule has 0 aliphatic carbocycles. The highest BCUT2D eigenvalue weighted by molar-refractivity contribution is 9.10. The van der Waals surface area contributed by atoms with Gasteiger partial charge in [0.1, 0.15) is 0 Å². The molecular formula is C7H4BrClN2. The summed E-state index contributed by atoms with van der Waals surface area (Å²) in [5, 5.41) is 8.40. The fourth-order valence-corrected chi connectivity index (χ4v) is 1.50. The number of nitrogens with one attached hydrogen (secondary N) is 1. The molecule has 56 valence electrons. The van der Waals surface area contributed by atoms with Crippen LogP contribution in [0, 0.1) is 0 Å². The highest BCUT2D eigenvalue weighted by Gasteiger charge is 2.03. The molecule has 1 aromatic carbocycles. The van der Waals surface area contributed by atoms with Gasteiger partial charge in [0.05, 0.1) is 16.7 Å². The van der Waals surface area contributed by atoms with E-state index >= 15 is 0 Å². The molecular weight excluding hydrogens is 227 g/mol. The van der Waals surface area contributed by atoms with Gasteiger partial charge in [0.15, 0.2) is 0 Å². The zero-order valence-corrected chi connectivity index (χ0v) is 7.78. The third-order valence-electron chi connectivity index (χ3n) is 1.51. The molecule has 2 rings (SSSR count). The number of hydrogen-bond donors (Lipinski definition) is 1. The number of benzene rings is 1. The standard InChI is InChI=1S/C7H4BrClN2/c8-5-2-1-4-3-10-11-7(4)6(5)9/h1-3H,(H,10,11). The molecule has 0 atom stereocenters. The Morgan fingerprint density at radius 2 is 2.27 bits per heavy atom. The van der Waals surface area contributed by atoms with Gasteiger partial charge in [-0.2, -0.15) is 5.10 Å². The second-order valence-corrected chi connectivity index (χ2v) is 3.43. The second-order valence-electron chi connectivity index (χ2n) is 2.20. The molecule has 0 saturated heterocycles. The van der Waals surface area contributed by atoms with Crippen LogP contribution >= 0.6 is 27.5 Å². The number of H-pyrrole nitrogens is 1. The number of halogens is 2. The van der Waals surface area contributed by atoms with Crippen LogP contribution in [0.4, 0.5) is 0 Å². The van der Waals surface area contributed by atoms with Gasteiger partial charge >= 0.3 is 0 Å². The predicted octanol–water partition coefficient (Wildman–Crippen LogP) is 2.98. The van der Waals surface area contributed by atoms with Crippen LogP contribution in [-0.4, -0.2) is 10.2 Å². The molecule has 11 heavy (non-hydrogen) atoms. The summed E-state index contributed by atoms with van der Waals surface area (Å²) < 4.78 is 0.885. The van der Waals surface area contributed by atoms with Crippen molar-refractivity contribution in [3.05, 3.63) is 27.8 Å². The van der Waals surface area contributed by atoms with Crippen molar-refractivity contribution in [2.24, 2.45) is 0 Å². The lowest BCUT2D eigenvalue weighted by Crippen LogP contribution is -1.72. The Bertz CT molecular complexity index is 396. The number of fused-ring (bicyclic) bond motifs is 1. The highest BCUT2D eigenvalue weighted by atomic mass is 79.9. The topological polar surface area (TPSA) is 28.7 Å². The van der Waals surface area contributed by atoms with E-state index in [9.17, 15) is 0 Å². The van der Waals surface area contributed by atoms with Crippen LogP contribution < -0.4 is 0 Å². The molecule has 0 bridgehead atoms. The van der Waals surface area contributed by atoms with Crippen LogP contribution in [0.2, 0.25) is 5.02 Å². The molecule has 0 aliphatic heterocycles. The Morgan fingerprint density at radius 1 is 1.45 bits per heavy atom. The summed E-state index contributed by atoms with van der Waals surface area (Å²) >= 11 is 9.27. The number of aromatic amines is 1. The Hall–Kier alpha value is -0.540. The monoisotopic (exact) mass is 230 g/mol. The fraction of sp³-hybridized carbons (Fsp3) is 0. The number of aromatic nitrogens is 2. The number of nitrogens with zero attached hydrogens (tertiary/aromatic N) is 1. The lowest BCUT2D eigenvalue weighted by atomic mass is 10.3. The Labute approximate surface area is 76.7 Å². The van der Waals surface area contributed by atoms with Gasteiger partial charge in [-0.3, -0.25) is 5.10 Å². The summed E-state index contributed by atoms with van der Waals surface area (Å²) in [6.45, 7) is 0. The van der Waals surface area contributed by atoms with E-state index in [1.807, 2.05) is 12.1 Å². The van der Waals surface area contributed by atoms with Crippen LogP contribution in [0.3, 0.4) is 0 Å². The average molecular weight is 231 g/mol. The summed E-state index contributed by atoms with van der Waals surface area (Å²) in [6.07, 6.45) is 1.74. The van der Waals surface area contributed by atoms with Gasteiger partial charge in [-0.1, -0.05) is 11.6 Å². The van der Waals surface area contributed by atoms with E-state index in [0.717, 1.165) is 15.4 Å². The lowest BCUT2D eigenvalue weighted by molar-refractivity contribution is 1.12. The zero-order valence-electron chi connectivity index (χ0n) is 5.44. The molecule has 1 heterocycles. The summed E-state index contributed by atoms with van der Waals surface area (Å²) in [6, 6.07) is 3.86. The first kappa shape index (κ1) is 7.13. The van der Waals surface area contributed by atoms with Gasteiger partial charge in [0, 0.05) is 9.86 Å². The predicted molar refractivity (Wildman–Crippen MR) is 48.8 cm³/mol. The molecule has 0 saturated carbocycles. The van der Waals surface area contributed by atoms with Crippen LogP contribution in [0.1, 0.15) is 0 Å². The van der Waals surface area contributed by atoms with E-state index in [0.29, 0.717) is 5.02 Å². The van der Waals surface area contributed by atoms with E-state index in [4.69, 9.17) is 11.6 Å². The minimum atomic E-state index is 0.681. The third kappa shape index (κ3) is 1.04. The van der Waals surface area contributed by atoms with E-state index in [1.165, 1.54) is 0 Å². The summed E-state index contributed by atoms with van der Waals surface area (Å²) in [5.74, 6) is 0. The molecule has 1 aromatic heterocycles. The summed E-state index contributed by atoms with van der Waals surface area (Å²) in [4.78, 5) is 0. The van der Waals surface area contributed by atoms with E-state index in [1.54, 1.807) is 6.20 Å². The lowest BCUT2D eigenvalue weighted by Gasteiger charge is -1.94. The Morgan fingerprint density at radius 3 is 3.09 bits per heavy atom. The maximum atomic E-state index is 5.95. The SMILES string of the molecule is Clc1c(Br)ccc2cn[nH]c12. The summed E-state index contributed by atoms with van der Waals surface area (Å²) in [5.41, 5.74) is 0.876.